The molecule has 9 heterocycles. The molecule has 75 heavy (non-hydrogen) atoms. The van der Waals surface area contributed by atoms with Crippen molar-refractivity contribution in [3.63, 3.8) is 0 Å². The summed E-state index contributed by atoms with van der Waals surface area (Å²) in [5.41, 5.74) is 7.16. The maximum Gasteiger partial charge on any atom is 0.218 e. The maximum atomic E-state index is 4.87. The second-order valence-corrected chi connectivity index (χ2v) is 19.9. The summed E-state index contributed by atoms with van der Waals surface area (Å²) in [4.78, 5) is 1.47. The molecule has 1 N–H and O–H groups in total. The molecule has 24 heteroatoms. The van der Waals surface area contributed by atoms with Gasteiger partial charge in [-0.1, -0.05) is 140 Å². The van der Waals surface area contributed by atoms with E-state index in [9.17, 15) is 0 Å². The Balaban J connectivity index is 0.000000422. The Bertz CT molecular complexity index is 2310. The number of rotatable bonds is 9. The van der Waals surface area contributed by atoms with E-state index in [0.717, 1.165) is 35.9 Å². The fourth-order valence-corrected chi connectivity index (χ4v) is 5.35. The molecule has 0 atom stereocenters. The number of hydrogen-bond acceptors (Lipinski definition) is 20. The summed E-state index contributed by atoms with van der Waals surface area (Å²) in [7, 11) is 5.51. The molecule has 0 radical (unpaired) electrons. The summed E-state index contributed by atoms with van der Waals surface area (Å²) in [6, 6.07) is 1.88. The first-order valence-electron chi connectivity index (χ1n) is 25.4. The predicted octanol–water partition coefficient (Wildman–Crippen LogP) is 11.4. The van der Waals surface area contributed by atoms with Gasteiger partial charge in [0, 0.05) is 68.0 Å². The molecule has 0 aromatic carbocycles. The van der Waals surface area contributed by atoms with Crippen molar-refractivity contribution in [2.75, 3.05) is 6.54 Å². The zero-order chi connectivity index (χ0) is 56.5. The third-order valence-corrected chi connectivity index (χ3v) is 10.3. The van der Waals surface area contributed by atoms with Gasteiger partial charge in [-0.15, -0.1) is 30.6 Å². The van der Waals surface area contributed by atoms with Gasteiger partial charge in [-0.25, -0.2) is 4.68 Å². The lowest BCUT2D eigenvalue weighted by molar-refractivity contribution is 0.408. The highest BCUT2D eigenvalue weighted by molar-refractivity contribution is 5.99. The van der Waals surface area contributed by atoms with Gasteiger partial charge in [0.2, 0.25) is 12.3 Å². The molecular weight excluding hydrogens is 955 g/mol. The zero-order valence-electron chi connectivity index (χ0n) is 48.6. The third kappa shape index (κ3) is 28.1. The summed E-state index contributed by atoms with van der Waals surface area (Å²) in [5, 5.41) is 66.4. The van der Waals surface area contributed by atoms with E-state index in [4.69, 9.17) is 4.42 Å². The van der Waals surface area contributed by atoms with E-state index in [0.29, 0.717) is 59.2 Å². The number of hydrogen-bond donors (Lipinski definition) is 1. The minimum absolute atomic E-state index is 0.345. The van der Waals surface area contributed by atoms with E-state index in [1.807, 2.05) is 72.7 Å². The number of H-pyrrole nitrogens is 1. The Kier molecular flexibility index (Phi) is 32.1. The van der Waals surface area contributed by atoms with Crippen LogP contribution in [0.1, 0.15) is 213 Å². The Morgan fingerprint density at radius 1 is 0.627 bits per heavy atom. The molecule has 0 bridgehead atoms. The van der Waals surface area contributed by atoms with Crippen molar-refractivity contribution in [2.24, 2.45) is 53.4 Å². The normalized spacial score (nSPS) is 12.0. The second-order valence-electron chi connectivity index (χ2n) is 19.9. The average molecular weight is 1040 g/mol. The van der Waals surface area contributed by atoms with Crippen LogP contribution in [-0.4, -0.2) is 105 Å². The largest absolute Gasteiger partial charge is 0.428 e. The Labute approximate surface area is 444 Å². The molecule has 0 fully saturated rings. The molecule has 0 unspecified atom stereocenters. The third-order valence-electron chi connectivity index (χ3n) is 10.3. The van der Waals surface area contributed by atoms with Gasteiger partial charge in [-0.05, 0) is 62.3 Å². The van der Waals surface area contributed by atoms with Crippen LogP contribution in [0, 0.1) is 11.8 Å². The monoisotopic (exact) mass is 1040 g/mol. The van der Waals surface area contributed by atoms with Crippen molar-refractivity contribution in [3.8, 4) is 0 Å². The summed E-state index contributed by atoms with van der Waals surface area (Å²) in [5.74, 6) is 6.86. The number of aromatic nitrogens is 17. The average Bonchev–Trinajstić information content (AvgIpc) is 4.21. The minimum atomic E-state index is 0.345. The second kappa shape index (κ2) is 36.6. The highest BCUT2D eigenvalue weighted by Gasteiger charge is 2.08. The van der Waals surface area contributed by atoms with Gasteiger partial charge in [-0.2, -0.15) is 30.3 Å². The maximum absolute atomic E-state index is 4.87. The number of aryl methyl sites for hydroxylation is 3. The van der Waals surface area contributed by atoms with E-state index >= 15 is 0 Å². The van der Waals surface area contributed by atoms with Crippen LogP contribution in [0.4, 0.5) is 0 Å². The molecule has 7 aromatic heterocycles. The number of azo groups is 1. The van der Waals surface area contributed by atoms with Gasteiger partial charge in [-0.3, -0.25) is 9.78 Å². The van der Waals surface area contributed by atoms with Crippen LogP contribution in [0.2, 0.25) is 0 Å². The van der Waals surface area contributed by atoms with Crippen molar-refractivity contribution in [2.45, 2.75) is 172 Å². The van der Waals surface area contributed by atoms with Crippen LogP contribution in [0.3, 0.4) is 0 Å². The van der Waals surface area contributed by atoms with Crippen LogP contribution < -0.4 is 0 Å². The summed E-state index contributed by atoms with van der Waals surface area (Å²) < 4.78 is 17.6. The highest BCUT2D eigenvalue weighted by Crippen LogP contribution is 2.15. The lowest BCUT2D eigenvalue weighted by Crippen LogP contribution is -2.03. The summed E-state index contributed by atoms with van der Waals surface area (Å²) in [6.07, 6.45) is 16.6. The molecule has 7 aromatic rings. The fraction of sp³-hybridized carbons (Fsp3) is 0.627. The van der Waals surface area contributed by atoms with E-state index in [1.54, 1.807) is 41.3 Å². The number of tetrazole rings is 2. The van der Waals surface area contributed by atoms with E-state index in [1.165, 1.54) is 33.7 Å². The molecule has 2 aliphatic rings. The van der Waals surface area contributed by atoms with Crippen LogP contribution in [0.15, 0.2) is 95.4 Å². The molecule has 0 aliphatic carbocycles. The zero-order valence-corrected chi connectivity index (χ0v) is 48.6. The van der Waals surface area contributed by atoms with Crippen LogP contribution in [0.5, 0.6) is 0 Å². The first kappa shape index (κ1) is 65.7. The molecule has 0 saturated heterocycles. The smallest absolute Gasteiger partial charge is 0.218 e. The van der Waals surface area contributed by atoms with Crippen LogP contribution >= 0.6 is 0 Å². The molecule has 0 spiro atoms. The van der Waals surface area contributed by atoms with E-state index in [-0.39, 0.29) is 0 Å². The summed E-state index contributed by atoms with van der Waals surface area (Å²) >= 11 is 0. The first-order valence-corrected chi connectivity index (χ1v) is 25.4. The molecule has 9 rings (SSSR count). The Morgan fingerprint density at radius 3 is 1.57 bits per heavy atom. The molecule has 0 saturated carbocycles. The molecule has 0 amide bonds. The Morgan fingerprint density at radius 2 is 1.33 bits per heavy atom. The quantitative estimate of drug-likeness (QED) is 0.141. The van der Waals surface area contributed by atoms with Crippen molar-refractivity contribution in [1.29, 1.82) is 0 Å². The van der Waals surface area contributed by atoms with Crippen LogP contribution in [-0.2, 0) is 21.1 Å². The molecule has 24 nitrogen and oxygen atoms in total. The fourth-order valence-electron chi connectivity index (χ4n) is 5.35. The van der Waals surface area contributed by atoms with Gasteiger partial charge < -0.3 is 13.5 Å². The minimum Gasteiger partial charge on any atom is -0.428 e. The SMILES string of the molecule is CC(C)C1=CN=NC1.CC(C)C1=NN=CC1.CC(C)c1ccon1.CC(C)c1cn[nH]c1.CC(C)c1cnnn1C.CC(C)c1cnoc1.CC(C)c1nnco1.CC(C)c1nnn(C)n1.CC(C)c1nnnn1C. The van der Waals surface area contributed by atoms with Gasteiger partial charge >= 0.3 is 0 Å². The first-order chi connectivity index (χ1) is 35.5. The van der Waals surface area contributed by atoms with Gasteiger partial charge in [0.05, 0.1) is 49.8 Å². The van der Waals surface area contributed by atoms with E-state index < -0.39 is 0 Å². The molecular formula is C51H87N21O3. The number of aromatic amines is 1. The summed E-state index contributed by atoms with van der Waals surface area (Å²) in [6.45, 7) is 38.5. The lowest BCUT2D eigenvalue weighted by Gasteiger charge is -2.01. The lowest BCUT2D eigenvalue weighted by atomic mass is 10.1. The van der Waals surface area contributed by atoms with Gasteiger partial charge in [0.1, 0.15) is 12.5 Å². The Hall–Kier alpha value is -7.27. The van der Waals surface area contributed by atoms with Crippen molar-refractivity contribution < 1.29 is 13.5 Å². The predicted molar refractivity (Wildman–Crippen MR) is 291 cm³/mol. The molecule has 414 valence electrons. The van der Waals surface area contributed by atoms with Crippen molar-refractivity contribution in [1.82, 2.24) is 86.1 Å². The van der Waals surface area contributed by atoms with Crippen LogP contribution in [0.25, 0.3) is 0 Å². The molecule has 2 aliphatic heterocycles. The standard InChI is InChI=1S/C6H11N3.3C6H10N2.2C6H9NO.2C5H10N4.C5H8N2O/c1-5(2)6-4-7-8-9(6)3;2*1-5(2)6-3-7-8-4-6;1-5(2)6-3-4-7-8-6;1-5(2)6-3-7-8-4-6;1-5(2)6-3-4-8-7-6;1-4(2)5-6-7-8-9(5)3;1-4(2)5-6-8-9(3)7-5;1-4(2)5-7-6-3-8-5/h4-5H,1-3H3;3,5H,4H2,1-2H3;3-5H,1-2H3,(H,7,8);4-5H,3H2,1-2H3;2*3-5H,1-2H3;2*4H,1-3H3;3-4H,1-2H3. The highest BCUT2D eigenvalue weighted by atomic mass is 16.5. The topological polar surface area (TPSA) is 287 Å². The van der Waals surface area contributed by atoms with Crippen molar-refractivity contribution in [3.05, 3.63) is 102 Å². The van der Waals surface area contributed by atoms with Crippen molar-refractivity contribution >= 4 is 11.9 Å². The van der Waals surface area contributed by atoms with Gasteiger partial charge in [0.25, 0.3) is 0 Å². The van der Waals surface area contributed by atoms with Gasteiger partial charge in [0.15, 0.2) is 11.6 Å². The van der Waals surface area contributed by atoms with E-state index in [2.05, 4.69) is 198 Å². The number of nitrogens with one attached hydrogen (secondary N) is 1. The number of nitrogens with zero attached hydrogens (tertiary/aromatic N) is 20.